The highest BCUT2D eigenvalue weighted by molar-refractivity contribution is 5.66. The van der Waals surface area contributed by atoms with Gasteiger partial charge in [0.15, 0.2) is 0 Å². The van der Waals surface area contributed by atoms with E-state index in [1.165, 1.54) is 4.90 Å². The van der Waals surface area contributed by atoms with Crippen molar-refractivity contribution in [1.29, 1.82) is 0 Å². The van der Waals surface area contributed by atoms with Crippen LogP contribution >= 0.6 is 0 Å². The Morgan fingerprint density at radius 1 is 1.61 bits per heavy atom. The molecule has 1 aromatic heterocycles. The molecule has 2 atom stereocenters. The van der Waals surface area contributed by atoms with E-state index in [0.29, 0.717) is 19.3 Å². The lowest BCUT2D eigenvalue weighted by molar-refractivity contribution is 0.0209. The number of amides is 1. The molecule has 2 heterocycles. The Balaban J connectivity index is 1.91. The van der Waals surface area contributed by atoms with Gasteiger partial charge in [-0.2, -0.15) is 5.10 Å². The van der Waals surface area contributed by atoms with Gasteiger partial charge in [0.2, 0.25) is 0 Å². The number of nitrogens with one attached hydrogen (secondary N) is 1. The summed E-state index contributed by atoms with van der Waals surface area (Å²) >= 11 is 0. The molecule has 0 spiro atoms. The average molecular weight is 324 g/mol. The Morgan fingerprint density at radius 3 is 2.87 bits per heavy atom. The molecule has 130 valence electrons. The molecule has 0 saturated heterocycles. The zero-order valence-corrected chi connectivity index (χ0v) is 14.7. The normalized spacial score (nSPS) is 19.3. The van der Waals surface area contributed by atoms with Crippen LogP contribution in [0.4, 0.5) is 4.79 Å². The molecule has 0 aliphatic carbocycles. The molecule has 7 nitrogen and oxygen atoms in total. The van der Waals surface area contributed by atoms with Crippen LogP contribution in [0.15, 0.2) is 6.07 Å². The SMILES string of the molecule is CC1CNCc2cc(COC[C@H](C)N(C(=O)O)C(C)(C)C)nn21. The molecule has 1 unspecified atom stereocenters. The smallest absolute Gasteiger partial charge is 0.408 e. The molecule has 23 heavy (non-hydrogen) atoms. The second-order valence-corrected chi connectivity index (χ2v) is 7.24. The summed E-state index contributed by atoms with van der Waals surface area (Å²) in [4.78, 5) is 12.9. The fourth-order valence-corrected chi connectivity index (χ4v) is 3.11. The van der Waals surface area contributed by atoms with Crippen LogP contribution in [0.3, 0.4) is 0 Å². The number of hydrogen-bond acceptors (Lipinski definition) is 4. The quantitative estimate of drug-likeness (QED) is 0.868. The van der Waals surface area contributed by atoms with E-state index < -0.39 is 11.6 Å². The zero-order chi connectivity index (χ0) is 17.2. The molecule has 1 aromatic rings. The van der Waals surface area contributed by atoms with Gasteiger partial charge in [0.25, 0.3) is 0 Å². The monoisotopic (exact) mass is 324 g/mol. The highest BCUT2D eigenvalue weighted by atomic mass is 16.5. The molecule has 0 bridgehead atoms. The maximum Gasteiger partial charge on any atom is 0.408 e. The third-order valence-electron chi connectivity index (χ3n) is 4.01. The summed E-state index contributed by atoms with van der Waals surface area (Å²) in [5.74, 6) is 0. The average Bonchev–Trinajstić information content (AvgIpc) is 2.80. The first-order valence-electron chi connectivity index (χ1n) is 8.08. The van der Waals surface area contributed by atoms with Crippen LogP contribution < -0.4 is 5.32 Å². The van der Waals surface area contributed by atoms with E-state index in [1.807, 2.05) is 38.4 Å². The molecule has 1 aliphatic rings. The third kappa shape index (κ3) is 4.23. The number of rotatable bonds is 5. The minimum atomic E-state index is -0.925. The number of aromatic nitrogens is 2. The van der Waals surface area contributed by atoms with Crippen molar-refractivity contribution in [3.63, 3.8) is 0 Å². The number of hydrogen-bond donors (Lipinski definition) is 2. The molecular weight excluding hydrogens is 296 g/mol. The molecule has 7 heteroatoms. The molecule has 2 N–H and O–H groups in total. The van der Waals surface area contributed by atoms with Gasteiger partial charge in [-0.25, -0.2) is 4.79 Å². The summed E-state index contributed by atoms with van der Waals surface area (Å²) in [6, 6.07) is 2.17. The number of carboxylic acid groups (broad SMARTS) is 1. The van der Waals surface area contributed by atoms with Crippen molar-refractivity contribution < 1.29 is 14.6 Å². The summed E-state index contributed by atoms with van der Waals surface area (Å²) in [6.45, 7) is 12.1. The summed E-state index contributed by atoms with van der Waals surface area (Å²) in [6.07, 6.45) is -0.925. The molecule has 1 aliphatic heterocycles. The largest absolute Gasteiger partial charge is 0.465 e. The maximum absolute atomic E-state index is 11.4. The summed E-state index contributed by atoms with van der Waals surface area (Å²) in [5.41, 5.74) is 1.60. The minimum absolute atomic E-state index is 0.217. The summed E-state index contributed by atoms with van der Waals surface area (Å²) in [5, 5.41) is 17.3. The van der Waals surface area contributed by atoms with Crippen molar-refractivity contribution in [3.8, 4) is 0 Å². The van der Waals surface area contributed by atoms with Crippen LogP contribution in [0.5, 0.6) is 0 Å². The lowest BCUT2D eigenvalue weighted by atomic mass is 10.0. The third-order valence-corrected chi connectivity index (χ3v) is 4.01. The van der Waals surface area contributed by atoms with Gasteiger partial charge >= 0.3 is 6.09 Å². The molecule has 2 rings (SSSR count). The number of carbonyl (C=O) groups is 1. The standard InChI is InChI=1S/C16H28N4O3/c1-11-7-17-8-14-6-13(18-20(11)14)10-23-9-12(2)19(15(21)22)16(3,4)5/h6,11-12,17H,7-10H2,1-5H3,(H,21,22)/t11?,12-/m0/s1. The van der Waals surface area contributed by atoms with E-state index >= 15 is 0 Å². The molecular formula is C16H28N4O3. The summed E-state index contributed by atoms with van der Waals surface area (Å²) < 4.78 is 7.76. The van der Waals surface area contributed by atoms with E-state index in [0.717, 1.165) is 24.5 Å². The highest BCUT2D eigenvalue weighted by Gasteiger charge is 2.30. The van der Waals surface area contributed by atoms with Gasteiger partial charge < -0.3 is 15.2 Å². The van der Waals surface area contributed by atoms with Crippen molar-refractivity contribution >= 4 is 6.09 Å². The molecule has 0 fully saturated rings. The van der Waals surface area contributed by atoms with Gasteiger partial charge in [0, 0.05) is 18.6 Å². The Labute approximate surface area is 137 Å². The first-order valence-corrected chi connectivity index (χ1v) is 8.08. The topological polar surface area (TPSA) is 79.6 Å². The fourth-order valence-electron chi connectivity index (χ4n) is 3.11. The zero-order valence-electron chi connectivity index (χ0n) is 14.7. The van der Waals surface area contributed by atoms with Crippen LogP contribution in [-0.4, -0.2) is 50.6 Å². The van der Waals surface area contributed by atoms with Crippen molar-refractivity contribution in [2.75, 3.05) is 13.2 Å². The molecule has 1 amide bonds. The second-order valence-electron chi connectivity index (χ2n) is 7.24. The molecule has 0 saturated carbocycles. The maximum atomic E-state index is 11.4. The number of ether oxygens (including phenoxy) is 1. The van der Waals surface area contributed by atoms with E-state index in [1.54, 1.807) is 0 Å². The van der Waals surface area contributed by atoms with Crippen molar-refractivity contribution in [2.45, 2.75) is 65.4 Å². The van der Waals surface area contributed by atoms with E-state index in [-0.39, 0.29) is 6.04 Å². The van der Waals surface area contributed by atoms with Gasteiger partial charge in [-0.1, -0.05) is 0 Å². The predicted octanol–water partition coefficient (Wildman–Crippen LogP) is 2.23. The van der Waals surface area contributed by atoms with Crippen LogP contribution in [0, 0.1) is 0 Å². The van der Waals surface area contributed by atoms with Crippen LogP contribution in [0.1, 0.15) is 52.0 Å². The van der Waals surface area contributed by atoms with Crippen molar-refractivity contribution in [3.05, 3.63) is 17.5 Å². The predicted molar refractivity (Wildman–Crippen MR) is 87.4 cm³/mol. The summed E-state index contributed by atoms with van der Waals surface area (Å²) in [7, 11) is 0. The van der Waals surface area contributed by atoms with Gasteiger partial charge in [-0.3, -0.25) is 9.58 Å². The van der Waals surface area contributed by atoms with E-state index in [2.05, 4.69) is 17.3 Å². The number of fused-ring (bicyclic) bond motifs is 1. The van der Waals surface area contributed by atoms with Crippen LogP contribution in [0.2, 0.25) is 0 Å². The van der Waals surface area contributed by atoms with Gasteiger partial charge in [-0.15, -0.1) is 0 Å². The highest BCUT2D eigenvalue weighted by Crippen LogP contribution is 2.19. The first-order chi connectivity index (χ1) is 10.7. The first kappa shape index (κ1) is 17.7. The number of nitrogens with zero attached hydrogens (tertiary/aromatic N) is 3. The van der Waals surface area contributed by atoms with Crippen molar-refractivity contribution in [2.24, 2.45) is 0 Å². The van der Waals surface area contributed by atoms with Gasteiger partial charge in [0.1, 0.15) is 0 Å². The van der Waals surface area contributed by atoms with Gasteiger partial charge in [0.05, 0.1) is 36.7 Å². The lowest BCUT2D eigenvalue weighted by Gasteiger charge is -2.37. The van der Waals surface area contributed by atoms with E-state index in [9.17, 15) is 9.90 Å². The fraction of sp³-hybridized carbons (Fsp3) is 0.750. The minimum Gasteiger partial charge on any atom is -0.465 e. The van der Waals surface area contributed by atoms with Crippen molar-refractivity contribution in [1.82, 2.24) is 20.0 Å². The lowest BCUT2D eigenvalue weighted by Crippen LogP contribution is -2.51. The van der Waals surface area contributed by atoms with Gasteiger partial charge in [-0.05, 0) is 40.7 Å². The van der Waals surface area contributed by atoms with E-state index in [4.69, 9.17) is 4.74 Å². The molecule has 0 aromatic carbocycles. The van der Waals surface area contributed by atoms with Crippen LogP contribution in [0.25, 0.3) is 0 Å². The Morgan fingerprint density at radius 2 is 2.30 bits per heavy atom. The second kappa shape index (κ2) is 6.88. The Hall–Kier alpha value is -1.60. The Kier molecular flexibility index (Phi) is 5.31. The Bertz CT molecular complexity index is 550. The van der Waals surface area contributed by atoms with Crippen LogP contribution in [-0.2, 0) is 17.9 Å². The molecule has 0 radical (unpaired) electrons.